The van der Waals surface area contributed by atoms with Crippen molar-refractivity contribution < 1.29 is 23.8 Å². The zero-order chi connectivity index (χ0) is 17.8. The predicted molar refractivity (Wildman–Crippen MR) is 87.1 cm³/mol. The van der Waals surface area contributed by atoms with Crippen LogP contribution in [0.25, 0.3) is 0 Å². The molecule has 1 aromatic carbocycles. The van der Waals surface area contributed by atoms with Crippen LogP contribution in [0.1, 0.15) is 33.7 Å². The fourth-order valence-electron chi connectivity index (χ4n) is 2.79. The third-order valence-corrected chi connectivity index (χ3v) is 4.12. The Labute approximate surface area is 143 Å². The number of nitrogens with zero attached hydrogens (tertiary/aromatic N) is 2. The lowest BCUT2D eigenvalue weighted by atomic mass is 10.2. The molecule has 0 saturated carbocycles. The second-order valence-corrected chi connectivity index (χ2v) is 5.80. The van der Waals surface area contributed by atoms with Crippen LogP contribution in [-0.2, 0) is 0 Å². The number of hydrogen-bond acceptors (Lipinski definition) is 4. The van der Waals surface area contributed by atoms with E-state index in [0.717, 1.165) is 12.8 Å². The zero-order valence-electron chi connectivity index (χ0n) is 13.4. The number of benzene rings is 1. The summed E-state index contributed by atoms with van der Waals surface area (Å²) in [6.07, 6.45) is 2.84. The van der Waals surface area contributed by atoms with Gasteiger partial charge in [0, 0.05) is 12.7 Å². The van der Waals surface area contributed by atoms with E-state index < -0.39 is 5.97 Å². The van der Waals surface area contributed by atoms with Crippen LogP contribution in [-0.4, -0.2) is 46.1 Å². The van der Waals surface area contributed by atoms with Crippen molar-refractivity contribution in [3.05, 3.63) is 59.7 Å². The first-order chi connectivity index (χ1) is 12.0. The number of carbonyl (C=O) groups is 2. The van der Waals surface area contributed by atoms with E-state index in [1.165, 1.54) is 30.5 Å². The number of likely N-dealkylation sites (tertiary alicyclic amines) is 1. The van der Waals surface area contributed by atoms with Crippen LogP contribution in [0.2, 0.25) is 0 Å². The molecule has 3 rings (SSSR count). The van der Waals surface area contributed by atoms with Gasteiger partial charge in [-0.15, -0.1) is 0 Å². The summed E-state index contributed by atoms with van der Waals surface area (Å²) in [4.78, 5) is 29.1. The number of amides is 1. The summed E-state index contributed by atoms with van der Waals surface area (Å²) in [5, 5.41) is 8.89. The van der Waals surface area contributed by atoms with Crippen LogP contribution in [0.4, 0.5) is 4.39 Å². The van der Waals surface area contributed by atoms with Crippen LogP contribution >= 0.6 is 0 Å². The Morgan fingerprint density at radius 2 is 2.00 bits per heavy atom. The van der Waals surface area contributed by atoms with E-state index in [0.29, 0.717) is 18.9 Å². The Bertz CT molecular complexity index is 762. The molecule has 1 fully saturated rings. The maximum Gasteiger partial charge on any atom is 0.337 e. The van der Waals surface area contributed by atoms with E-state index in [9.17, 15) is 14.0 Å². The van der Waals surface area contributed by atoms with E-state index in [4.69, 9.17) is 9.84 Å². The smallest absolute Gasteiger partial charge is 0.337 e. The van der Waals surface area contributed by atoms with E-state index in [1.54, 1.807) is 17.0 Å². The highest BCUT2D eigenvalue weighted by atomic mass is 19.1. The minimum atomic E-state index is -1.08. The van der Waals surface area contributed by atoms with Gasteiger partial charge < -0.3 is 14.7 Å². The Balaban J connectivity index is 1.64. The number of carboxylic acids is 1. The van der Waals surface area contributed by atoms with Crippen molar-refractivity contribution in [2.75, 3.05) is 13.2 Å². The number of aromatic nitrogens is 1. The Morgan fingerprint density at radius 3 is 2.64 bits per heavy atom. The topological polar surface area (TPSA) is 79.7 Å². The van der Waals surface area contributed by atoms with Gasteiger partial charge in [0.05, 0.1) is 11.6 Å². The predicted octanol–water partition coefficient (Wildman–Crippen LogP) is 2.60. The van der Waals surface area contributed by atoms with Gasteiger partial charge in [-0.3, -0.25) is 9.78 Å². The van der Waals surface area contributed by atoms with E-state index in [1.807, 2.05) is 0 Å². The molecule has 0 spiro atoms. The normalized spacial score (nSPS) is 16.7. The minimum Gasteiger partial charge on any atom is -0.491 e. The molecule has 25 heavy (non-hydrogen) atoms. The molecule has 2 heterocycles. The van der Waals surface area contributed by atoms with Gasteiger partial charge in [0.1, 0.15) is 23.9 Å². The van der Waals surface area contributed by atoms with Crippen molar-refractivity contribution in [2.24, 2.45) is 0 Å². The highest BCUT2D eigenvalue weighted by molar-refractivity contribution is 5.94. The lowest BCUT2D eigenvalue weighted by Crippen LogP contribution is -2.39. The molecule has 1 atom stereocenters. The molecule has 130 valence electrons. The Hall–Kier alpha value is -2.96. The number of rotatable bonds is 5. The fourth-order valence-corrected chi connectivity index (χ4v) is 2.79. The average Bonchev–Trinajstić information content (AvgIpc) is 3.09. The molecule has 6 nitrogen and oxygen atoms in total. The highest BCUT2D eigenvalue weighted by Crippen LogP contribution is 2.21. The summed E-state index contributed by atoms with van der Waals surface area (Å²) in [6.45, 7) is 0.906. The average molecular weight is 344 g/mol. The highest BCUT2D eigenvalue weighted by Gasteiger charge is 2.30. The van der Waals surface area contributed by atoms with Gasteiger partial charge in [0.15, 0.2) is 0 Å². The van der Waals surface area contributed by atoms with Gasteiger partial charge in [0.2, 0.25) is 0 Å². The van der Waals surface area contributed by atoms with Crippen LogP contribution in [0.15, 0.2) is 42.6 Å². The van der Waals surface area contributed by atoms with E-state index in [-0.39, 0.29) is 29.0 Å². The molecular weight excluding hydrogens is 327 g/mol. The lowest BCUT2D eigenvalue weighted by Gasteiger charge is -2.24. The van der Waals surface area contributed by atoms with Crippen molar-refractivity contribution in [3.63, 3.8) is 0 Å². The van der Waals surface area contributed by atoms with Crippen LogP contribution in [0, 0.1) is 5.82 Å². The summed E-state index contributed by atoms with van der Waals surface area (Å²) in [5.41, 5.74) is 0.243. The molecule has 0 aliphatic carbocycles. The third kappa shape index (κ3) is 3.93. The zero-order valence-corrected chi connectivity index (χ0v) is 13.4. The standard InChI is InChI=1S/C18H17FN2O4/c19-13-4-6-15(7-5-13)25-11-14-2-1-9-21(14)17(22)16-8-3-12(10-20-16)18(23)24/h3-8,10,14H,1-2,9,11H2,(H,23,24)/t14-/m0/s1. The van der Waals surface area contributed by atoms with E-state index >= 15 is 0 Å². The molecule has 2 aromatic rings. The Kier molecular flexibility index (Phi) is 4.92. The van der Waals surface area contributed by atoms with Gasteiger partial charge in [0.25, 0.3) is 5.91 Å². The number of halogens is 1. The summed E-state index contributed by atoms with van der Waals surface area (Å²) in [5.74, 6) is -1.12. The molecule has 0 radical (unpaired) electrons. The van der Waals surface area contributed by atoms with E-state index in [2.05, 4.69) is 4.98 Å². The molecule has 1 N–H and O–H groups in total. The summed E-state index contributed by atoms with van der Waals surface area (Å²) in [7, 11) is 0. The number of aromatic carboxylic acids is 1. The molecule has 1 aliphatic heterocycles. The summed E-state index contributed by atoms with van der Waals surface area (Å²) < 4.78 is 18.6. The van der Waals surface area contributed by atoms with Gasteiger partial charge >= 0.3 is 5.97 Å². The second-order valence-electron chi connectivity index (χ2n) is 5.80. The number of carbonyl (C=O) groups excluding carboxylic acids is 1. The van der Waals surface area contributed by atoms with Crippen molar-refractivity contribution in [3.8, 4) is 5.75 Å². The van der Waals surface area contributed by atoms with Crippen LogP contribution in [0.3, 0.4) is 0 Å². The van der Waals surface area contributed by atoms with Crippen molar-refractivity contribution in [1.29, 1.82) is 0 Å². The maximum atomic E-state index is 12.9. The third-order valence-electron chi connectivity index (χ3n) is 4.12. The molecule has 1 aliphatic rings. The van der Waals surface area contributed by atoms with Gasteiger partial charge in [-0.25, -0.2) is 9.18 Å². The number of carboxylic acid groups (broad SMARTS) is 1. The summed E-state index contributed by atoms with van der Waals surface area (Å²) in [6, 6.07) is 8.41. The lowest BCUT2D eigenvalue weighted by molar-refractivity contribution is 0.0675. The molecule has 1 aromatic heterocycles. The molecule has 0 unspecified atom stereocenters. The van der Waals surface area contributed by atoms with Gasteiger partial charge in [-0.1, -0.05) is 0 Å². The first-order valence-electron chi connectivity index (χ1n) is 7.93. The van der Waals surface area contributed by atoms with Crippen LogP contribution < -0.4 is 4.74 Å². The number of hydrogen-bond donors (Lipinski definition) is 1. The maximum absolute atomic E-state index is 12.9. The monoisotopic (exact) mass is 344 g/mol. The van der Waals surface area contributed by atoms with Crippen LogP contribution in [0.5, 0.6) is 5.75 Å². The molecule has 0 bridgehead atoms. The minimum absolute atomic E-state index is 0.0363. The second kappa shape index (κ2) is 7.29. The molecule has 1 saturated heterocycles. The largest absolute Gasteiger partial charge is 0.491 e. The number of pyridine rings is 1. The van der Waals surface area contributed by atoms with Gasteiger partial charge in [-0.2, -0.15) is 0 Å². The fraction of sp³-hybridized carbons (Fsp3) is 0.278. The first-order valence-corrected chi connectivity index (χ1v) is 7.93. The SMILES string of the molecule is O=C(O)c1ccc(C(=O)N2CCC[C@H]2COc2ccc(F)cc2)nc1. The quantitative estimate of drug-likeness (QED) is 0.902. The first kappa shape index (κ1) is 16.9. The Morgan fingerprint density at radius 1 is 1.24 bits per heavy atom. The van der Waals surface area contributed by atoms with Crippen molar-refractivity contribution >= 4 is 11.9 Å². The van der Waals surface area contributed by atoms with Crippen molar-refractivity contribution in [1.82, 2.24) is 9.88 Å². The molecule has 1 amide bonds. The van der Waals surface area contributed by atoms with Crippen molar-refractivity contribution in [2.45, 2.75) is 18.9 Å². The molecular formula is C18H17FN2O4. The molecule has 7 heteroatoms. The number of ether oxygens (including phenoxy) is 1. The summed E-state index contributed by atoms with van der Waals surface area (Å²) >= 11 is 0. The van der Waals surface area contributed by atoms with Gasteiger partial charge in [-0.05, 0) is 49.2 Å².